The van der Waals surface area contributed by atoms with Gasteiger partial charge in [0.05, 0.1) is 11.7 Å². The van der Waals surface area contributed by atoms with Crippen LogP contribution in [-0.2, 0) is 4.74 Å². The lowest BCUT2D eigenvalue weighted by Crippen LogP contribution is -2.44. The summed E-state index contributed by atoms with van der Waals surface area (Å²) >= 11 is 0. The van der Waals surface area contributed by atoms with Crippen LogP contribution < -0.4 is 0 Å². The molecule has 0 spiro atoms. The van der Waals surface area contributed by atoms with Crippen molar-refractivity contribution in [2.75, 3.05) is 0 Å². The number of aliphatic hydroxyl groups is 1. The van der Waals surface area contributed by atoms with Crippen LogP contribution in [0.2, 0.25) is 0 Å². The maximum absolute atomic E-state index is 12.7. The van der Waals surface area contributed by atoms with E-state index in [1.807, 2.05) is 39.8 Å². The van der Waals surface area contributed by atoms with Gasteiger partial charge in [0.1, 0.15) is 5.60 Å². The van der Waals surface area contributed by atoms with E-state index in [9.17, 15) is 9.90 Å². The zero-order valence-corrected chi connectivity index (χ0v) is 15.3. The number of carbonyl (C=O) groups is 1. The fourth-order valence-corrected chi connectivity index (χ4v) is 4.01. The highest BCUT2D eigenvalue weighted by Crippen LogP contribution is 2.38. The highest BCUT2D eigenvalue weighted by atomic mass is 16.6. The largest absolute Gasteiger partial charge is 0.456 e. The monoisotopic (exact) mass is 318 g/mol. The van der Waals surface area contributed by atoms with Crippen molar-refractivity contribution < 1.29 is 14.6 Å². The van der Waals surface area contributed by atoms with E-state index in [-0.39, 0.29) is 5.97 Å². The molecule has 3 heteroatoms. The summed E-state index contributed by atoms with van der Waals surface area (Å²) in [5, 5.41) is 10.4. The lowest BCUT2D eigenvalue weighted by atomic mass is 9.73. The average Bonchev–Trinajstić information content (AvgIpc) is 2.35. The molecule has 0 aromatic heterocycles. The number of rotatable bonds is 3. The lowest BCUT2D eigenvalue weighted by molar-refractivity contribution is -0.0817. The Kier molecular flexibility index (Phi) is 5.20. The number of hydrogen-bond acceptors (Lipinski definition) is 3. The van der Waals surface area contributed by atoms with Crippen molar-refractivity contribution in [3.8, 4) is 0 Å². The smallest absolute Gasteiger partial charge is 0.339 e. The molecule has 0 saturated heterocycles. The molecule has 1 aromatic rings. The Morgan fingerprint density at radius 3 is 2.30 bits per heavy atom. The van der Waals surface area contributed by atoms with Crippen molar-refractivity contribution in [1.82, 2.24) is 0 Å². The molecule has 2 rings (SSSR count). The molecule has 0 aliphatic heterocycles. The highest BCUT2D eigenvalue weighted by molar-refractivity contribution is 5.93. The Hall–Kier alpha value is -1.35. The maximum atomic E-state index is 12.7. The number of ether oxygens (including phenoxy) is 1. The van der Waals surface area contributed by atoms with Crippen LogP contribution in [0.15, 0.2) is 12.1 Å². The predicted molar refractivity (Wildman–Crippen MR) is 92.7 cm³/mol. The summed E-state index contributed by atoms with van der Waals surface area (Å²) in [7, 11) is 0. The van der Waals surface area contributed by atoms with E-state index < -0.39 is 11.7 Å². The van der Waals surface area contributed by atoms with Gasteiger partial charge in [-0.3, -0.25) is 0 Å². The van der Waals surface area contributed by atoms with Gasteiger partial charge in [-0.15, -0.1) is 0 Å². The number of carbonyl (C=O) groups excluding carboxylic acids is 1. The Balaban J connectivity index is 2.15. The average molecular weight is 318 g/mol. The van der Waals surface area contributed by atoms with Crippen molar-refractivity contribution in [2.24, 2.45) is 11.8 Å². The fourth-order valence-electron chi connectivity index (χ4n) is 4.01. The molecule has 3 atom stereocenters. The van der Waals surface area contributed by atoms with Gasteiger partial charge in [0.15, 0.2) is 0 Å². The molecule has 0 heterocycles. The zero-order valence-electron chi connectivity index (χ0n) is 15.3. The van der Waals surface area contributed by atoms with Crippen molar-refractivity contribution in [3.05, 3.63) is 34.4 Å². The SMILES string of the molecule is Cc1cc(C)c(C(=O)O[C@]2(C)CC[C@@H](C(C)C)[C@H](O)C2)c(C)c1. The number of esters is 1. The van der Waals surface area contributed by atoms with Crippen LogP contribution in [0.1, 0.15) is 67.1 Å². The molecular formula is C20H30O3. The van der Waals surface area contributed by atoms with Crippen molar-refractivity contribution in [2.45, 2.75) is 72.5 Å². The Bertz CT molecular complexity index is 568. The first-order valence-corrected chi connectivity index (χ1v) is 8.62. The minimum atomic E-state index is -0.578. The number of aryl methyl sites for hydroxylation is 3. The Morgan fingerprint density at radius 2 is 1.83 bits per heavy atom. The minimum Gasteiger partial charge on any atom is -0.456 e. The second-order valence-electron chi connectivity index (χ2n) is 7.83. The molecule has 0 radical (unpaired) electrons. The molecule has 0 bridgehead atoms. The third kappa shape index (κ3) is 3.95. The van der Waals surface area contributed by atoms with Crippen LogP contribution in [0.5, 0.6) is 0 Å². The summed E-state index contributed by atoms with van der Waals surface area (Å²) in [4.78, 5) is 12.7. The Labute approximate surface area is 140 Å². The summed E-state index contributed by atoms with van der Waals surface area (Å²) in [6.07, 6.45) is 1.82. The van der Waals surface area contributed by atoms with E-state index in [4.69, 9.17) is 4.74 Å². The second-order valence-corrected chi connectivity index (χ2v) is 7.83. The summed E-state index contributed by atoms with van der Waals surface area (Å²) in [5.41, 5.74) is 3.14. The van der Waals surface area contributed by atoms with Gasteiger partial charge in [0, 0.05) is 6.42 Å². The van der Waals surface area contributed by atoms with E-state index >= 15 is 0 Å². The van der Waals surface area contributed by atoms with E-state index in [1.54, 1.807) is 0 Å². The molecule has 23 heavy (non-hydrogen) atoms. The van der Waals surface area contributed by atoms with Gasteiger partial charge in [-0.1, -0.05) is 31.5 Å². The van der Waals surface area contributed by atoms with Crippen molar-refractivity contribution in [3.63, 3.8) is 0 Å². The van der Waals surface area contributed by atoms with Crippen molar-refractivity contribution >= 4 is 5.97 Å². The van der Waals surface area contributed by atoms with Gasteiger partial charge >= 0.3 is 5.97 Å². The van der Waals surface area contributed by atoms with Gasteiger partial charge in [-0.2, -0.15) is 0 Å². The summed E-state index contributed by atoms with van der Waals surface area (Å²) in [5.74, 6) is 0.481. The highest BCUT2D eigenvalue weighted by Gasteiger charge is 2.41. The van der Waals surface area contributed by atoms with Crippen LogP contribution >= 0.6 is 0 Å². The number of benzene rings is 1. The normalized spacial score (nSPS) is 28.0. The Morgan fingerprint density at radius 1 is 1.26 bits per heavy atom. The molecular weight excluding hydrogens is 288 g/mol. The summed E-state index contributed by atoms with van der Waals surface area (Å²) in [6, 6.07) is 4.02. The second kappa shape index (κ2) is 6.64. The summed E-state index contributed by atoms with van der Waals surface area (Å²) in [6.45, 7) is 12.2. The lowest BCUT2D eigenvalue weighted by Gasteiger charge is -2.41. The van der Waals surface area contributed by atoms with Gasteiger partial charge in [-0.25, -0.2) is 4.79 Å². The fraction of sp³-hybridized carbons (Fsp3) is 0.650. The van der Waals surface area contributed by atoms with Crippen LogP contribution in [0, 0.1) is 32.6 Å². The van der Waals surface area contributed by atoms with Crippen molar-refractivity contribution in [1.29, 1.82) is 0 Å². The van der Waals surface area contributed by atoms with E-state index in [0.717, 1.165) is 29.5 Å². The molecule has 1 aromatic carbocycles. The molecule has 1 fully saturated rings. The summed E-state index contributed by atoms with van der Waals surface area (Å²) < 4.78 is 5.87. The quantitative estimate of drug-likeness (QED) is 0.843. The first-order valence-electron chi connectivity index (χ1n) is 8.62. The molecule has 3 nitrogen and oxygen atoms in total. The standard InChI is InChI=1S/C20H30O3/c1-12(2)16-7-8-20(6,11-17(16)21)23-19(22)18-14(4)9-13(3)10-15(18)5/h9-10,12,16-17,21H,7-8,11H2,1-6H3/t16-,17+,20+/m0/s1. The molecule has 0 amide bonds. The van der Waals surface area contributed by atoms with Gasteiger partial charge in [-0.05, 0) is 63.5 Å². The van der Waals surface area contributed by atoms with E-state index in [2.05, 4.69) is 13.8 Å². The molecule has 1 N–H and O–H groups in total. The van der Waals surface area contributed by atoms with Gasteiger partial charge < -0.3 is 9.84 Å². The van der Waals surface area contributed by atoms with E-state index in [1.165, 1.54) is 0 Å². The maximum Gasteiger partial charge on any atom is 0.339 e. The third-order valence-corrected chi connectivity index (χ3v) is 5.22. The van der Waals surface area contributed by atoms with Crippen LogP contribution in [-0.4, -0.2) is 22.8 Å². The zero-order chi connectivity index (χ0) is 17.4. The van der Waals surface area contributed by atoms with E-state index in [0.29, 0.717) is 23.8 Å². The molecule has 1 aliphatic rings. The molecule has 128 valence electrons. The first-order chi connectivity index (χ1) is 10.6. The van der Waals surface area contributed by atoms with Gasteiger partial charge in [0.25, 0.3) is 0 Å². The number of hydrogen-bond donors (Lipinski definition) is 1. The topological polar surface area (TPSA) is 46.5 Å². The molecule has 1 aliphatic carbocycles. The van der Waals surface area contributed by atoms with Crippen LogP contribution in [0.25, 0.3) is 0 Å². The number of aliphatic hydroxyl groups excluding tert-OH is 1. The predicted octanol–water partition coefficient (Wildman–Crippen LogP) is 4.34. The first kappa shape index (κ1) is 18.0. The molecule has 0 unspecified atom stereocenters. The van der Waals surface area contributed by atoms with Crippen LogP contribution in [0.3, 0.4) is 0 Å². The molecule has 1 saturated carbocycles. The minimum absolute atomic E-state index is 0.266. The third-order valence-electron chi connectivity index (χ3n) is 5.22. The van der Waals surface area contributed by atoms with Crippen LogP contribution in [0.4, 0.5) is 0 Å². The van der Waals surface area contributed by atoms with Gasteiger partial charge in [0.2, 0.25) is 0 Å².